The third-order valence-corrected chi connectivity index (χ3v) is 4.92. The number of nitrogens with one attached hydrogen (secondary N) is 1. The van der Waals surface area contributed by atoms with Gasteiger partial charge in [-0.1, -0.05) is 0 Å². The quantitative estimate of drug-likeness (QED) is 0.0962. The van der Waals surface area contributed by atoms with Gasteiger partial charge in [0.1, 0.15) is 18.3 Å². The molecule has 0 aliphatic carbocycles. The molecule has 4 atom stereocenters. The van der Waals surface area contributed by atoms with Crippen molar-refractivity contribution in [1.82, 2.24) is 9.55 Å². The number of ether oxygens (including phenoxy) is 10. The van der Waals surface area contributed by atoms with Crippen LogP contribution >= 0.6 is 0 Å². The van der Waals surface area contributed by atoms with Crippen molar-refractivity contribution < 1.29 is 67.0 Å². The van der Waals surface area contributed by atoms with Gasteiger partial charge in [-0.15, -0.1) is 0 Å². The van der Waals surface area contributed by atoms with E-state index in [1.807, 2.05) is 0 Å². The van der Waals surface area contributed by atoms with Crippen LogP contribution in [0, 0.1) is 0 Å². The van der Waals surface area contributed by atoms with Gasteiger partial charge in [0.2, 0.25) is 0 Å². The molecule has 0 unspecified atom stereocenters. The van der Waals surface area contributed by atoms with Crippen molar-refractivity contribution in [3.63, 3.8) is 0 Å². The summed E-state index contributed by atoms with van der Waals surface area (Å²) in [5.41, 5.74) is 0.902. The first-order valence-electron chi connectivity index (χ1n) is 12.9. The molecule has 2 rings (SSSR count). The minimum absolute atomic E-state index is 0.137. The van der Waals surface area contributed by atoms with Crippen LogP contribution in [0.2, 0.25) is 0 Å². The van der Waals surface area contributed by atoms with Crippen LogP contribution in [0.1, 0.15) is 47.8 Å². The Kier molecular flexibility index (Phi) is 14.2. The standard InChI is InChI=1S/C24H37N3O15/c1-13(2)39-22(29)36-10-33-9-16-18(34-11-37-23(30)40-14(3)4)19(35-12-38-24(31)41-15(5)6)20(42-16)27-8-7-17(26-32)25-21(27)28/h7-8,13-16,18-20,32H,9-12H2,1-6H3,(H,25,26,28)/t16-,18-,19-,20-/m1/s1. The van der Waals surface area contributed by atoms with E-state index in [4.69, 9.17) is 52.6 Å². The van der Waals surface area contributed by atoms with E-state index in [0.717, 1.165) is 4.57 Å². The topological polar surface area (TPSA) is 211 Å². The van der Waals surface area contributed by atoms with Gasteiger partial charge in [0.25, 0.3) is 0 Å². The fraction of sp³-hybridized carbons (Fsp3) is 0.708. The molecular weight excluding hydrogens is 570 g/mol. The van der Waals surface area contributed by atoms with E-state index < -0.39 is 87.4 Å². The average molecular weight is 608 g/mol. The molecule has 1 aliphatic rings. The Morgan fingerprint density at radius 2 is 1.38 bits per heavy atom. The largest absolute Gasteiger partial charge is 0.510 e. The zero-order valence-electron chi connectivity index (χ0n) is 24.1. The van der Waals surface area contributed by atoms with Gasteiger partial charge in [0.05, 0.1) is 24.9 Å². The van der Waals surface area contributed by atoms with E-state index in [0.29, 0.717) is 0 Å². The summed E-state index contributed by atoms with van der Waals surface area (Å²) in [6, 6.07) is 1.28. The second kappa shape index (κ2) is 17.3. The number of carbonyl (C=O) groups excluding carboxylic acids is 3. The Morgan fingerprint density at radius 1 is 0.881 bits per heavy atom. The maximum atomic E-state index is 12.7. The number of hydrogen-bond acceptors (Lipinski definition) is 17. The molecule has 1 fully saturated rings. The summed E-state index contributed by atoms with van der Waals surface area (Å²) < 4.78 is 53.3. The van der Waals surface area contributed by atoms with Crippen LogP contribution in [0.25, 0.3) is 0 Å². The number of carbonyl (C=O) groups is 3. The fourth-order valence-electron chi connectivity index (χ4n) is 3.37. The van der Waals surface area contributed by atoms with Crippen LogP contribution in [0.4, 0.5) is 20.2 Å². The van der Waals surface area contributed by atoms with Gasteiger partial charge >= 0.3 is 24.2 Å². The van der Waals surface area contributed by atoms with Gasteiger partial charge in [0, 0.05) is 6.20 Å². The van der Waals surface area contributed by atoms with Crippen LogP contribution in [0.5, 0.6) is 0 Å². The third kappa shape index (κ3) is 11.6. The van der Waals surface area contributed by atoms with E-state index in [1.54, 1.807) is 47.0 Å². The minimum Gasteiger partial charge on any atom is -0.432 e. The predicted molar refractivity (Wildman–Crippen MR) is 136 cm³/mol. The third-order valence-electron chi connectivity index (χ3n) is 4.92. The van der Waals surface area contributed by atoms with E-state index in [2.05, 4.69) is 4.98 Å². The number of nitrogens with zero attached hydrogens (tertiary/aromatic N) is 2. The van der Waals surface area contributed by atoms with E-state index in [-0.39, 0.29) is 12.4 Å². The second-order valence-corrected chi connectivity index (χ2v) is 9.35. The van der Waals surface area contributed by atoms with Gasteiger partial charge in [-0.05, 0) is 47.6 Å². The van der Waals surface area contributed by atoms with Crippen molar-refractivity contribution in [2.45, 2.75) is 84.4 Å². The highest BCUT2D eigenvalue weighted by molar-refractivity contribution is 5.60. The maximum Gasteiger partial charge on any atom is 0.510 e. The Labute approximate surface area is 240 Å². The van der Waals surface area contributed by atoms with E-state index >= 15 is 0 Å². The van der Waals surface area contributed by atoms with Crippen molar-refractivity contribution in [3.05, 3.63) is 22.7 Å². The summed E-state index contributed by atoms with van der Waals surface area (Å²) in [5, 5.41) is 9.08. The molecule has 0 spiro atoms. The van der Waals surface area contributed by atoms with Gasteiger partial charge in [-0.25, -0.2) is 19.2 Å². The monoisotopic (exact) mass is 607 g/mol. The van der Waals surface area contributed by atoms with Gasteiger partial charge in [0.15, 0.2) is 32.4 Å². The fourth-order valence-corrected chi connectivity index (χ4v) is 3.37. The molecule has 1 aromatic rings. The van der Waals surface area contributed by atoms with Crippen LogP contribution in [0.3, 0.4) is 0 Å². The van der Waals surface area contributed by atoms with Crippen molar-refractivity contribution in [3.8, 4) is 0 Å². The van der Waals surface area contributed by atoms with Gasteiger partial charge in [-0.3, -0.25) is 15.3 Å². The normalized spacial score (nSPS) is 20.0. The summed E-state index contributed by atoms with van der Waals surface area (Å²) in [4.78, 5) is 51.7. The van der Waals surface area contributed by atoms with Crippen molar-refractivity contribution in [1.29, 1.82) is 0 Å². The number of aromatic nitrogens is 2. The van der Waals surface area contributed by atoms with Crippen LogP contribution in [-0.4, -0.2) is 96.8 Å². The second-order valence-electron chi connectivity index (χ2n) is 9.35. The Bertz CT molecular complexity index is 1060. The molecule has 238 valence electrons. The molecule has 1 saturated heterocycles. The zero-order valence-corrected chi connectivity index (χ0v) is 24.1. The smallest absolute Gasteiger partial charge is 0.432 e. The lowest BCUT2D eigenvalue weighted by molar-refractivity contribution is -0.160. The lowest BCUT2D eigenvalue weighted by Gasteiger charge is -2.25. The molecule has 2 heterocycles. The Hall–Kier alpha value is -3.71. The molecule has 1 aromatic heterocycles. The number of anilines is 1. The molecule has 2 N–H and O–H groups in total. The van der Waals surface area contributed by atoms with Crippen LogP contribution in [-0.2, 0) is 47.4 Å². The Morgan fingerprint density at radius 3 is 1.86 bits per heavy atom. The molecule has 0 amide bonds. The minimum atomic E-state index is -1.25. The molecule has 1 aliphatic heterocycles. The summed E-state index contributed by atoms with van der Waals surface area (Å²) >= 11 is 0. The molecule has 18 nitrogen and oxygen atoms in total. The first-order valence-corrected chi connectivity index (χ1v) is 12.9. The van der Waals surface area contributed by atoms with E-state index in [1.165, 1.54) is 12.3 Å². The highest BCUT2D eigenvalue weighted by Crippen LogP contribution is 2.33. The first-order chi connectivity index (χ1) is 19.9. The molecule has 0 saturated carbocycles. The van der Waals surface area contributed by atoms with Crippen molar-refractivity contribution >= 4 is 24.3 Å². The van der Waals surface area contributed by atoms with Crippen molar-refractivity contribution in [2.24, 2.45) is 0 Å². The maximum absolute atomic E-state index is 12.7. The van der Waals surface area contributed by atoms with E-state index in [9.17, 15) is 19.2 Å². The SMILES string of the molecule is CC(C)OC(=O)OCOC[C@H]1O[C@@H](n2ccc(NO)nc2=O)[C@H](OCOC(=O)OC(C)C)[C@@H]1OCOC(=O)OC(C)C. The summed E-state index contributed by atoms with van der Waals surface area (Å²) in [6.45, 7) is 7.71. The lowest BCUT2D eigenvalue weighted by atomic mass is 10.1. The van der Waals surface area contributed by atoms with Crippen molar-refractivity contribution in [2.75, 3.05) is 32.5 Å². The number of rotatable bonds is 15. The summed E-state index contributed by atoms with van der Waals surface area (Å²) in [7, 11) is 0. The summed E-state index contributed by atoms with van der Waals surface area (Å²) in [6.07, 6.45) is -7.64. The first kappa shape index (κ1) is 34.5. The van der Waals surface area contributed by atoms with Gasteiger partial charge < -0.3 is 47.4 Å². The lowest BCUT2D eigenvalue weighted by Crippen LogP contribution is -2.41. The zero-order chi connectivity index (χ0) is 31.2. The van der Waals surface area contributed by atoms with Crippen LogP contribution < -0.4 is 11.2 Å². The van der Waals surface area contributed by atoms with Crippen LogP contribution in [0.15, 0.2) is 17.1 Å². The number of hydrogen-bond donors (Lipinski definition) is 2. The molecular formula is C24H37N3O15. The highest BCUT2D eigenvalue weighted by Gasteiger charge is 2.48. The molecule has 0 aromatic carbocycles. The van der Waals surface area contributed by atoms with Gasteiger partial charge in [-0.2, -0.15) is 4.98 Å². The predicted octanol–water partition coefficient (Wildman–Crippen LogP) is 2.29. The molecule has 0 radical (unpaired) electrons. The Balaban J connectivity index is 2.24. The molecule has 0 bridgehead atoms. The summed E-state index contributed by atoms with van der Waals surface area (Å²) in [5.74, 6) is -0.137. The average Bonchev–Trinajstić information content (AvgIpc) is 3.22. The highest BCUT2D eigenvalue weighted by atomic mass is 16.8. The molecule has 42 heavy (non-hydrogen) atoms. The molecule has 18 heteroatoms.